The van der Waals surface area contributed by atoms with Crippen molar-refractivity contribution in [1.29, 1.82) is 0 Å². The number of hydrogen-bond acceptors (Lipinski definition) is 5. The van der Waals surface area contributed by atoms with Crippen molar-refractivity contribution in [3.8, 4) is 0 Å². The van der Waals surface area contributed by atoms with E-state index < -0.39 is 0 Å². The van der Waals surface area contributed by atoms with E-state index in [1.165, 1.54) is 11.1 Å². The molecular weight excluding hydrogens is 553 g/mol. The van der Waals surface area contributed by atoms with Crippen LogP contribution in [0.2, 0.25) is 0 Å². The van der Waals surface area contributed by atoms with Gasteiger partial charge in [-0.2, -0.15) is 0 Å². The molecule has 0 unspecified atom stereocenters. The van der Waals surface area contributed by atoms with Gasteiger partial charge in [-0.3, -0.25) is 14.6 Å². The van der Waals surface area contributed by atoms with Crippen LogP contribution in [0.3, 0.4) is 0 Å². The van der Waals surface area contributed by atoms with Gasteiger partial charge >= 0.3 is 0 Å². The zero-order valence-corrected chi connectivity index (χ0v) is 23.9. The molecule has 35 heavy (non-hydrogen) atoms. The number of halogens is 3. The average molecular weight is 589 g/mol. The fourth-order valence-corrected chi connectivity index (χ4v) is 4.42. The van der Waals surface area contributed by atoms with Crippen LogP contribution in [0, 0.1) is 6.92 Å². The third-order valence-corrected chi connectivity index (χ3v) is 6.26. The fraction of sp³-hybridized carbons (Fsp3) is 0.440. The molecule has 0 aromatic heterocycles. The Balaban J connectivity index is 0.00000306. The van der Waals surface area contributed by atoms with E-state index in [1.54, 1.807) is 12.1 Å². The minimum Gasteiger partial charge on any atom is -0.353 e. The standard InChI is InChI=1S/C25H34BrN5O2.2ClH/c1-18(2)27-11-12-28-24(32)16-30(23-10-9-22(26)13-19(23)3)17-25(33)29(4)31-14-20-7-5-6-8-21(20)15-31;;/h5-10,13,18,27H,11-12,14-17H2,1-4H3,(H,28,32);2*1H. The number of fused-ring (bicyclic) bond motifs is 1. The van der Waals surface area contributed by atoms with Crippen LogP contribution >= 0.6 is 40.7 Å². The van der Waals surface area contributed by atoms with E-state index in [4.69, 9.17) is 0 Å². The van der Waals surface area contributed by atoms with E-state index >= 15 is 0 Å². The van der Waals surface area contributed by atoms with Gasteiger partial charge in [0.05, 0.1) is 13.1 Å². The molecule has 0 bridgehead atoms. The monoisotopic (exact) mass is 587 g/mol. The quantitative estimate of drug-likeness (QED) is 0.412. The first-order chi connectivity index (χ1) is 15.7. The topological polar surface area (TPSA) is 67.9 Å². The van der Waals surface area contributed by atoms with Crippen molar-refractivity contribution in [3.63, 3.8) is 0 Å². The van der Waals surface area contributed by atoms with E-state index in [-0.39, 0.29) is 49.7 Å². The molecule has 2 aromatic rings. The summed E-state index contributed by atoms with van der Waals surface area (Å²) >= 11 is 3.50. The SMILES string of the molecule is Cc1cc(Br)ccc1N(CC(=O)NCCNC(C)C)CC(=O)N(C)N1Cc2ccccc2C1.Cl.Cl. The van der Waals surface area contributed by atoms with E-state index in [2.05, 4.69) is 52.5 Å². The first kappa shape index (κ1) is 31.2. The first-order valence-corrected chi connectivity index (χ1v) is 12.1. The number of benzene rings is 2. The number of aryl methyl sites for hydroxylation is 1. The summed E-state index contributed by atoms with van der Waals surface area (Å²) in [6.45, 7) is 9.03. The van der Waals surface area contributed by atoms with Crippen LogP contribution in [0.5, 0.6) is 0 Å². The van der Waals surface area contributed by atoms with Crippen molar-refractivity contribution in [3.05, 3.63) is 63.6 Å². The highest BCUT2D eigenvalue weighted by Crippen LogP contribution is 2.26. The minimum atomic E-state index is -0.105. The predicted octanol–water partition coefficient (Wildman–Crippen LogP) is 3.91. The van der Waals surface area contributed by atoms with Gasteiger partial charge in [-0.25, -0.2) is 5.01 Å². The molecule has 1 heterocycles. The fourth-order valence-electron chi connectivity index (χ4n) is 3.94. The average Bonchev–Trinajstić information content (AvgIpc) is 3.20. The normalized spacial score (nSPS) is 12.4. The number of rotatable bonds is 10. The molecule has 10 heteroatoms. The number of amides is 2. The second kappa shape index (κ2) is 14.7. The maximum absolute atomic E-state index is 13.3. The van der Waals surface area contributed by atoms with Gasteiger partial charge in [0.2, 0.25) is 5.91 Å². The Kier molecular flexibility index (Phi) is 13.1. The highest BCUT2D eigenvalue weighted by Gasteiger charge is 2.26. The molecule has 0 fully saturated rings. The molecule has 7 nitrogen and oxygen atoms in total. The molecule has 2 amide bonds. The van der Waals surface area contributed by atoms with Crippen molar-refractivity contribution < 1.29 is 9.59 Å². The van der Waals surface area contributed by atoms with Crippen LogP contribution in [0.4, 0.5) is 5.69 Å². The molecule has 0 spiro atoms. The molecule has 0 saturated heterocycles. The van der Waals surface area contributed by atoms with Gasteiger partial charge in [0, 0.05) is 49.4 Å². The van der Waals surface area contributed by atoms with Crippen molar-refractivity contribution in [2.24, 2.45) is 0 Å². The lowest BCUT2D eigenvalue weighted by molar-refractivity contribution is -0.145. The number of nitrogens with one attached hydrogen (secondary N) is 2. The van der Waals surface area contributed by atoms with Crippen molar-refractivity contribution in [1.82, 2.24) is 20.7 Å². The molecule has 0 atom stereocenters. The lowest BCUT2D eigenvalue weighted by Gasteiger charge is -2.32. The summed E-state index contributed by atoms with van der Waals surface area (Å²) in [7, 11) is 1.80. The molecule has 0 saturated carbocycles. The van der Waals surface area contributed by atoms with E-state index in [0.717, 1.165) is 15.7 Å². The van der Waals surface area contributed by atoms with Crippen LogP contribution in [0.1, 0.15) is 30.5 Å². The number of anilines is 1. The number of nitrogens with zero attached hydrogens (tertiary/aromatic N) is 3. The lowest BCUT2D eigenvalue weighted by atomic mass is 10.1. The van der Waals surface area contributed by atoms with Crippen LogP contribution < -0.4 is 15.5 Å². The minimum absolute atomic E-state index is 0. The Labute approximate surface area is 229 Å². The molecule has 2 N–H and O–H groups in total. The van der Waals surface area contributed by atoms with Crippen molar-refractivity contribution >= 4 is 58.2 Å². The maximum atomic E-state index is 13.3. The smallest absolute Gasteiger partial charge is 0.256 e. The van der Waals surface area contributed by atoms with Gasteiger partial charge in [0.1, 0.15) is 0 Å². The summed E-state index contributed by atoms with van der Waals surface area (Å²) in [6, 6.07) is 14.5. The number of likely N-dealkylation sites (N-methyl/N-ethyl adjacent to an activating group) is 1. The molecule has 0 aliphatic carbocycles. The zero-order chi connectivity index (χ0) is 24.0. The largest absolute Gasteiger partial charge is 0.353 e. The highest BCUT2D eigenvalue weighted by atomic mass is 79.9. The number of hydrazine groups is 1. The number of carbonyl (C=O) groups excluding carboxylic acids is 2. The Hall–Kier alpha value is -1.84. The van der Waals surface area contributed by atoms with Gasteiger partial charge < -0.3 is 15.5 Å². The van der Waals surface area contributed by atoms with Gasteiger partial charge in [0.15, 0.2) is 0 Å². The van der Waals surface area contributed by atoms with E-state index in [9.17, 15) is 9.59 Å². The Bertz CT molecular complexity index is 967. The van der Waals surface area contributed by atoms with Crippen molar-refractivity contribution in [2.75, 3.05) is 38.1 Å². The summed E-state index contributed by atoms with van der Waals surface area (Å²) in [5.41, 5.74) is 4.36. The van der Waals surface area contributed by atoms with Crippen LogP contribution in [0.25, 0.3) is 0 Å². The predicted molar refractivity (Wildman–Crippen MR) is 150 cm³/mol. The molecular formula is C25H36BrCl2N5O2. The van der Waals surface area contributed by atoms with Crippen LogP contribution in [0.15, 0.2) is 46.9 Å². The lowest BCUT2D eigenvalue weighted by Crippen LogP contribution is -2.48. The molecule has 3 rings (SSSR count). The summed E-state index contributed by atoms with van der Waals surface area (Å²) in [4.78, 5) is 27.8. The van der Waals surface area contributed by atoms with E-state index in [0.29, 0.717) is 32.2 Å². The third kappa shape index (κ3) is 8.95. The highest BCUT2D eigenvalue weighted by molar-refractivity contribution is 9.10. The molecule has 194 valence electrons. The summed E-state index contributed by atoms with van der Waals surface area (Å²) in [5, 5.41) is 9.96. The molecule has 1 aliphatic heterocycles. The Morgan fingerprint density at radius 1 is 1.03 bits per heavy atom. The second-order valence-electron chi connectivity index (χ2n) is 8.75. The Morgan fingerprint density at radius 2 is 1.66 bits per heavy atom. The zero-order valence-electron chi connectivity index (χ0n) is 20.7. The first-order valence-electron chi connectivity index (χ1n) is 11.3. The maximum Gasteiger partial charge on any atom is 0.256 e. The molecule has 2 aromatic carbocycles. The van der Waals surface area contributed by atoms with Gasteiger partial charge in [-0.05, 0) is 41.8 Å². The Morgan fingerprint density at radius 3 is 2.23 bits per heavy atom. The number of hydrogen-bond donors (Lipinski definition) is 2. The van der Waals surface area contributed by atoms with Crippen molar-refractivity contribution in [2.45, 2.75) is 39.9 Å². The summed E-state index contributed by atoms with van der Waals surface area (Å²) in [5.74, 6) is -0.161. The third-order valence-electron chi connectivity index (χ3n) is 5.77. The van der Waals surface area contributed by atoms with Gasteiger partial charge in [-0.15, -0.1) is 24.8 Å². The number of carbonyl (C=O) groups is 2. The van der Waals surface area contributed by atoms with Gasteiger partial charge in [-0.1, -0.05) is 54.0 Å². The molecule has 0 radical (unpaired) electrons. The summed E-state index contributed by atoms with van der Waals surface area (Å²) in [6.07, 6.45) is 0. The molecule has 1 aliphatic rings. The van der Waals surface area contributed by atoms with Gasteiger partial charge in [0.25, 0.3) is 5.91 Å². The second-order valence-corrected chi connectivity index (χ2v) is 9.67. The summed E-state index contributed by atoms with van der Waals surface area (Å²) < 4.78 is 0.964. The van der Waals surface area contributed by atoms with Crippen LogP contribution in [-0.4, -0.2) is 61.1 Å². The van der Waals surface area contributed by atoms with Crippen LogP contribution in [-0.2, 0) is 22.7 Å². The van der Waals surface area contributed by atoms with E-state index in [1.807, 2.05) is 47.2 Å².